The molecule has 0 saturated carbocycles. The molecule has 8 heteroatoms. The molecule has 0 unspecified atom stereocenters. The summed E-state index contributed by atoms with van der Waals surface area (Å²) in [5.74, 6) is 0.363. The van der Waals surface area contributed by atoms with Crippen molar-refractivity contribution < 1.29 is 4.79 Å². The number of anilines is 1. The van der Waals surface area contributed by atoms with Crippen molar-refractivity contribution in [1.29, 1.82) is 0 Å². The number of rotatable bonds is 4. The lowest BCUT2D eigenvalue weighted by atomic mass is 10.1. The number of imidazole rings is 1. The Balaban J connectivity index is 1.70. The topological polar surface area (TPSA) is 68.4 Å². The van der Waals surface area contributed by atoms with Gasteiger partial charge in [0.2, 0.25) is 5.91 Å². The predicted octanol–water partition coefficient (Wildman–Crippen LogP) is 3.23. The van der Waals surface area contributed by atoms with Crippen molar-refractivity contribution in [2.45, 2.75) is 13.5 Å². The van der Waals surface area contributed by atoms with E-state index >= 15 is 0 Å². The zero-order valence-electron chi connectivity index (χ0n) is 13.3. The first-order chi connectivity index (χ1) is 12.1. The van der Waals surface area contributed by atoms with Gasteiger partial charge in [0, 0.05) is 28.2 Å². The summed E-state index contributed by atoms with van der Waals surface area (Å²) >= 11 is 2.60. The Labute approximate surface area is 151 Å². The quantitative estimate of drug-likeness (QED) is 0.600. The zero-order chi connectivity index (χ0) is 17.4. The molecule has 0 aliphatic rings. The normalized spacial score (nSPS) is 11.1. The molecule has 0 aliphatic heterocycles. The largest absolute Gasteiger partial charge is 0.308 e. The third-order valence-corrected chi connectivity index (χ3v) is 5.48. The number of hydrogen-bond acceptors (Lipinski definition) is 5. The van der Waals surface area contributed by atoms with Crippen LogP contribution in [0.5, 0.6) is 0 Å². The maximum atomic E-state index is 12.5. The number of carbonyl (C=O) groups is 1. The van der Waals surface area contributed by atoms with Gasteiger partial charge in [0.05, 0.1) is 0 Å². The molecule has 0 bridgehead atoms. The molecule has 0 fully saturated rings. The van der Waals surface area contributed by atoms with E-state index < -0.39 is 0 Å². The second-order valence-electron chi connectivity index (χ2n) is 5.51. The predicted molar refractivity (Wildman–Crippen MR) is 100 cm³/mol. The Kier molecular flexibility index (Phi) is 3.98. The summed E-state index contributed by atoms with van der Waals surface area (Å²) in [5, 5.41) is 6.59. The van der Waals surface area contributed by atoms with Crippen molar-refractivity contribution in [3.05, 3.63) is 62.7 Å². The van der Waals surface area contributed by atoms with Crippen LogP contribution in [0, 0.1) is 6.92 Å². The van der Waals surface area contributed by atoms with E-state index in [0.29, 0.717) is 5.82 Å². The smallest absolute Gasteiger partial charge is 0.307 e. The fourth-order valence-corrected chi connectivity index (χ4v) is 4.06. The average molecular weight is 370 g/mol. The Morgan fingerprint density at radius 1 is 1.24 bits per heavy atom. The molecular formula is C17H14N4O2S2. The van der Waals surface area contributed by atoms with Crippen LogP contribution in [-0.4, -0.2) is 19.9 Å². The molecule has 6 nitrogen and oxygen atoms in total. The summed E-state index contributed by atoms with van der Waals surface area (Å²) in [4.78, 5) is 29.6. The molecule has 3 heterocycles. The fraction of sp³-hybridized carbons (Fsp3) is 0.118. The Bertz CT molecular complexity index is 1100. The standard InChI is InChI=1S/C17H14N4O2S2/c1-11-10-25-17(23)21(11)9-13(22)18-15-14(12-5-3-2-4-6-12)19-16-20(15)7-8-24-16/h2-8,10H,9H2,1H3,(H,18,22). The highest BCUT2D eigenvalue weighted by Crippen LogP contribution is 2.30. The van der Waals surface area contributed by atoms with E-state index in [1.807, 2.05) is 53.2 Å². The second-order valence-corrected chi connectivity index (χ2v) is 7.20. The molecule has 0 aliphatic carbocycles. The third-order valence-electron chi connectivity index (χ3n) is 3.85. The van der Waals surface area contributed by atoms with Crippen LogP contribution in [0.2, 0.25) is 0 Å². The Hall–Kier alpha value is -2.71. The third kappa shape index (κ3) is 2.90. The molecule has 4 aromatic rings. The Morgan fingerprint density at radius 2 is 2.04 bits per heavy atom. The van der Waals surface area contributed by atoms with Crippen molar-refractivity contribution in [3.63, 3.8) is 0 Å². The summed E-state index contributed by atoms with van der Waals surface area (Å²) in [6.45, 7) is 1.80. The van der Waals surface area contributed by atoms with Gasteiger partial charge in [0.15, 0.2) is 4.96 Å². The van der Waals surface area contributed by atoms with Gasteiger partial charge in [0.1, 0.15) is 18.1 Å². The summed E-state index contributed by atoms with van der Waals surface area (Å²) in [6, 6.07) is 9.71. The minimum atomic E-state index is -0.256. The number of benzene rings is 1. The SMILES string of the molecule is Cc1csc(=O)n1CC(=O)Nc1c(-c2ccccc2)nc2sccn12. The van der Waals surface area contributed by atoms with E-state index in [9.17, 15) is 9.59 Å². The number of nitrogens with one attached hydrogen (secondary N) is 1. The number of carbonyl (C=O) groups excluding carboxylic acids is 1. The summed E-state index contributed by atoms with van der Waals surface area (Å²) in [6.07, 6.45) is 1.87. The van der Waals surface area contributed by atoms with Crippen molar-refractivity contribution >= 4 is 39.4 Å². The summed E-state index contributed by atoms with van der Waals surface area (Å²) < 4.78 is 3.32. The van der Waals surface area contributed by atoms with E-state index in [1.165, 1.54) is 15.9 Å². The van der Waals surface area contributed by atoms with Crippen LogP contribution < -0.4 is 10.2 Å². The zero-order valence-corrected chi connectivity index (χ0v) is 14.9. The molecule has 0 saturated heterocycles. The lowest BCUT2D eigenvalue weighted by Gasteiger charge is -2.08. The average Bonchev–Trinajstić information content (AvgIpc) is 3.28. The van der Waals surface area contributed by atoms with Crippen LogP contribution in [0.15, 0.2) is 52.1 Å². The molecule has 3 aromatic heterocycles. The number of thiazole rings is 2. The Morgan fingerprint density at radius 3 is 2.76 bits per heavy atom. The maximum absolute atomic E-state index is 12.5. The van der Waals surface area contributed by atoms with Crippen molar-refractivity contribution in [2.24, 2.45) is 0 Å². The van der Waals surface area contributed by atoms with Gasteiger partial charge >= 0.3 is 4.87 Å². The van der Waals surface area contributed by atoms with E-state index in [0.717, 1.165) is 33.2 Å². The first-order valence-corrected chi connectivity index (χ1v) is 9.35. The number of fused-ring (bicyclic) bond motifs is 1. The summed E-state index contributed by atoms with van der Waals surface area (Å²) in [7, 11) is 0. The second kappa shape index (κ2) is 6.30. The van der Waals surface area contributed by atoms with Gasteiger partial charge in [-0.25, -0.2) is 4.98 Å². The van der Waals surface area contributed by atoms with Gasteiger partial charge in [-0.05, 0) is 6.92 Å². The van der Waals surface area contributed by atoms with Gasteiger partial charge in [-0.15, -0.1) is 11.3 Å². The molecule has 1 amide bonds. The van der Waals surface area contributed by atoms with E-state index in [2.05, 4.69) is 10.3 Å². The number of nitrogens with zero attached hydrogens (tertiary/aromatic N) is 3. The van der Waals surface area contributed by atoms with Crippen molar-refractivity contribution in [2.75, 3.05) is 5.32 Å². The molecule has 25 heavy (non-hydrogen) atoms. The van der Waals surface area contributed by atoms with Crippen LogP contribution in [0.1, 0.15) is 5.69 Å². The van der Waals surface area contributed by atoms with Crippen molar-refractivity contribution in [3.8, 4) is 11.3 Å². The lowest BCUT2D eigenvalue weighted by molar-refractivity contribution is -0.116. The van der Waals surface area contributed by atoms with Gasteiger partial charge < -0.3 is 5.32 Å². The van der Waals surface area contributed by atoms with Gasteiger partial charge in [-0.3, -0.25) is 18.6 Å². The van der Waals surface area contributed by atoms with Crippen LogP contribution in [-0.2, 0) is 11.3 Å². The lowest BCUT2D eigenvalue weighted by Crippen LogP contribution is -2.25. The minimum absolute atomic E-state index is 0.0141. The summed E-state index contributed by atoms with van der Waals surface area (Å²) in [5.41, 5.74) is 2.43. The van der Waals surface area contributed by atoms with E-state index in [-0.39, 0.29) is 17.3 Å². The number of aryl methyl sites for hydroxylation is 1. The van der Waals surface area contributed by atoms with Gasteiger partial charge in [-0.2, -0.15) is 0 Å². The number of hydrogen-bond donors (Lipinski definition) is 1. The molecule has 0 atom stereocenters. The van der Waals surface area contributed by atoms with Crippen LogP contribution in [0.25, 0.3) is 16.2 Å². The van der Waals surface area contributed by atoms with E-state index in [1.54, 1.807) is 5.38 Å². The monoisotopic (exact) mass is 370 g/mol. The molecular weight excluding hydrogens is 356 g/mol. The van der Waals surface area contributed by atoms with Crippen LogP contribution >= 0.6 is 22.7 Å². The molecule has 1 aromatic carbocycles. The fourth-order valence-electron chi connectivity index (χ4n) is 2.61. The number of aromatic nitrogens is 3. The van der Waals surface area contributed by atoms with Gasteiger partial charge in [0.25, 0.3) is 0 Å². The molecule has 1 N–H and O–H groups in total. The van der Waals surface area contributed by atoms with Crippen LogP contribution in [0.4, 0.5) is 5.82 Å². The van der Waals surface area contributed by atoms with Crippen LogP contribution in [0.3, 0.4) is 0 Å². The molecule has 4 rings (SSSR count). The molecule has 0 spiro atoms. The maximum Gasteiger partial charge on any atom is 0.307 e. The van der Waals surface area contributed by atoms with Crippen molar-refractivity contribution in [1.82, 2.24) is 14.0 Å². The highest BCUT2D eigenvalue weighted by molar-refractivity contribution is 7.15. The van der Waals surface area contributed by atoms with E-state index in [4.69, 9.17) is 0 Å². The van der Waals surface area contributed by atoms with Gasteiger partial charge in [-0.1, -0.05) is 41.7 Å². The highest BCUT2D eigenvalue weighted by Gasteiger charge is 2.18. The first kappa shape index (κ1) is 15.8. The molecule has 126 valence electrons. The first-order valence-electron chi connectivity index (χ1n) is 7.59. The molecule has 0 radical (unpaired) electrons. The highest BCUT2D eigenvalue weighted by atomic mass is 32.1. The number of amides is 1. The minimum Gasteiger partial charge on any atom is -0.308 e.